The summed E-state index contributed by atoms with van der Waals surface area (Å²) in [5.74, 6) is 0.312. The minimum atomic E-state index is 0.312. The van der Waals surface area contributed by atoms with Gasteiger partial charge in [-0.15, -0.1) is 11.6 Å². The maximum atomic E-state index is 5.67. The lowest BCUT2D eigenvalue weighted by molar-refractivity contribution is 1.05. The third kappa shape index (κ3) is 1.58. The number of nitrogens with zero attached hydrogens (tertiary/aromatic N) is 2. The molecule has 0 bridgehead atoms. The van der Waals surface area contributed by atoms with Crippen LogP contribution >= 0.6 is 23.2 Å². The molecule has 1 aromatic heterocycles. The monoisotopic (exact) mass is 176 g/mol. The Morgan fingerprint density at radius 3 is 2.80 bits per heavy atom. The van der Waals surface area contributed by atoms with E-state index in [9.17, 15) is 0 Å². The molecular formula is C6H6Cl2N2. The Kier molecular flexibility index (Phi) is 2.46. The predicted molar refractivity (Wildman–Crippen MR) is 41.3 cm³/mol. The van der Waals surface area contributed by atoms with Crippen LogP contribution in [0.2, 0.25) is 5.15 Å². The molecule has 54 valence electrons. The summed E-state index contributed by atoms with van der Waals surface area (Å²) in [4.78, 5) is 7.93. The van der Waals surface area contributed by atoms with Gasteiger partial charge in [-0.1, -0.05) is 11.6 Å². The molecule has 1 heterocycles. The van der Waals surface area contributed by atoms with E-state index < -0.39 is 0 Å². The maximum absolute atomic E-state index is 5.67. The smallest absolute Gasteiger partial charge is 0.152 e. The van der Waals surface area contributed by atoms with Crippen LogP contribution in [0.25, 0.3) is 0 Å². The first kappa shape index (κ1) is 7.76. The van der Waals surface area contributed by atoms with E-state index in [0.717, 1.165) is 5.69 Å². The van der Waals surface area contributed by atoms with E-state index in [4.69, 9.17) is 23.2 Å². The summed E-state index contributed by atoms with van der Waals surface area (Å²) in [5.41, 5.74) is 1.44. The van der Waals surface area contributed by atoms with Crippen LogP contribution in [0.5, 0.6) is 0 Å². The zero-order valence-corrected chi connectivity index (χ0v) is 6.95. The van der Waals surface area contributed by atoms with Crippen LogP contribution in [0.4, 0.5) is 0 Å². The summed E-state index contributed by atoms with van der Waals surface area (Å²) < 4.78 is 0. The van der Waals surface area contributed by atoms with Crippen LogP contribution in [0.1, 0.15) is 11.4 Å². The third-order valence-corrected chi connectivity index (χ3v) is 1.60. The van der Waals surface area contributed by atoms with E-state index in [1.54, 1.807) is 6.20 Å². The third-order valence-electron chi connectivity index (χ3n) is 1.05. The van der Waals surface area contributed by atoms with Gasteiger partial charge in [0.25, 0.3) is 0 Å². The first-order valence-electron chi connectivity index (χ1n) is 2.78. The molecule has 0 saturated carbocycles. The average Bonchev–Trinajstić information content (AvgIpc) is 1.88. The molecule has 4 heteroatoms. The maximum Gasteiger partial charge on any atom is 0.152 e. The van der Waals surface area contributed by atoms with Gasteiger partial charge < -0.3 is 0 Å². The van der Waals surface area contributed by atoms with Crippen LogP contribution in [-0.2, 0) is 5.88 Å². The summed E-state index contributed by atoms with van der Waals surface area (Å²) in [6.45, 7) is 1.83. The van der Waals surface area contributed by atoms with Gasteiger partial charge in [0, 0.05) is 6.20 Å². The topological polar surface area (TPSA) is 25.8 Å². The second-order valence-electron chi connectivity index (χ2n) is 1.88. The first-order chi connectivity index (χ1) is 4.74. The fraction of sp³-hybridized carbons (Fsp3) is 0.333. The molecule has 2 nitrogen and oxygen atoms in total. The molecule has 0 aliphatic carbocycles. The molecule has 0 spiro atoms. The molecule has 1 rings (SSSR count). The van der Waals surface area contributed by atoms with Gasteiger partial charge in [-0.05, 0) is 6.92 Å². The van der Waals surface area contributed by atoms with Crippen molar-refractivity contribution in [3.63, 3.8) is 0 Å². The molecule has 0 saturated heterocycles. The minimum absolute atomic E-state index is 0.312. The standard InChI is InChI=1S/C6H6Cl2N2/c1-4-3-9-5(2-7)6(8)10-4/h3H,2H2,1H3. The van der Waals surface area contributed by atoms with Crippen molar-refractivity contribution in [3.05, 3.63) is 22.7 Å². The first-order valence-corrected chi connectivity index (χ1v) is 3.69. The number of halogens is 2. The summed E-state index contributed by atoms with van der Waals surface area (Å²) >= 11 is 11.2. The number of aryl methyl sites for hydroxylation is 1. The molecule has 0 aliphatic heterocycles. The Balaban J connectivity index is 3.07. The van der Waals surface area contributed by atoms with Crippen LogP contribution in [0, 0.1) is 6.92 Å². The van der Waals surface area contributed by atoms with Crippen molar-refractivity contribution < 1.29 is 0 Å². The summed E-state index contributed by atoms with van der Waals surface area (Å²) in [7, 11) is 0. The van der Waals surface area contributed by atoms with Gasteiger partial charge in [-0.2, -0.15) is 0 Å². The Morgan fingerprint density at radius 2 is 2.30 bits per heavy atom. The van der Waals surface area contributed by atoms with Gasteiger partial charge in [-0.25, -0.2) is 4.98 Å². The van der Waals surface area contributed by atoms with E-state index in [2.05, 4.69) is 9.97 Å². The van der Waals surface area contributed by atoms with Gasteiger partial charge in [0.15, 0.2) is 5.15 Å². The second kappa shape index (κ2) is 3.17. The van der Waals surface area contributed by atoms with E-state index in [1.807, 2.05) is 6.92 Å². The SMILES string of the molecule is Cc1cnc(CCl)c(Cl)n1. The van der Waals surface area contributed by atoms with Crippen molar-refractivity contribution in [2.24, 2.45) is 0 Å². The summed E-state index contributed by atoms with van der Waals surface area (Å²) in [6, 6.07) is 0. The molecular weight excluding hydrogens is 171 g/mol. The Bertz CT molecular complexity index is 237. The second-order valence-corrected chi connectivity index (χ2v) is 2.51. The zero-order valence-electron chi connectivity index (χ0n) is 5.43. The quantitative estimate of drug-likeness (QED) is 0.614. The average molecular weight is 177 g/mol. The molecule has 0 radical (unpaired) electrons. The van der Waals surface area contributed by atoms with Crippen LogP contribution < -0.4 is 0 Å². The highest BCUT2D eigenvalue weighted by Crippen LogP contribution is 2.11. The van der Waals surface area contributed by atoms with Crippen molar-refractivity contribution in [1.82, 2.24) is 9.97 Å². The molecule has 0 aromatic carbocycles. The number of rotatable bonds is 1. The van der Waals surface area contributed by atoms with E-state index in [-0.39, 0.29) is 0 Å². The van der Waals surface area contributed by atoms with Crippen molar-refractivity contribution in [2.45, 2.75) is 12.8 Å². The molecule has 1 aromatic rings. The zero-order chi connectivity index (χ0) is 7.56. The summed E-state index contributed by atoms with van der Waals surface area (Å²) in [5, 5.41) is 0.398. The normalized spacial score (nSPS) is 9.90. The van der Waals surface area contributed by atoms with Crippen molar-refractivity contribution in [2.75, 3.05) is 0 Å². The molecule has 0 fully saturated rings. The lowest BCUT2D eigenvalue weighted by Crippen LogP contribution is -1.91. The van der Waals surface area contributed by atoms with Gasteiger partial charge in [0.05, 0.1) is 17.3 Å². The number of hydrogen-bond acceptors (Lipinski definition) is 2. The fourth-order valence-electron chi connectivity index (χ4n) is 0.562. The molecule has 0 aliphatic rings. The van der Waals surface area contributed by atoms with E-state index in [1.165, 1.54) is 0 Å². The Hall–Kier alpha value is -0.340. The van der Waals surface area contributed by atoms with Crippen molar-refractivity contribution in [3.8, 4) is 0 Å². The fourth-order valence-corrected chi connectivity index (χ4v) is 1.08. The van der Waals surface area contributed by atoms with Gasteiger partial charge in [-0.3, -0.25) is 4.98 Å². The van der Waals surface area contributed by atoms with Gasteiger partial charge in [0.1, 0.15) is 0 Å². The number of aromatic nitrogens is 2. The highest BCUT2D eigenvalue weighted by molar-refractivity contribution is 6.30. The van der Waals surface area contributed by atoms with Gasteiger partial charge >= 0.3 is 0 Å². The Labute approximate surface area is 69.2 Å². The molecule has 0 unspecified atom stereocenters. The van der Waals surface area contributed by atoms with Crippen LogP contribution in [-0.4, -0.2) is 9.97 Å². The van der Waals surface area contributed by atoms with Crippen molar-refractivity contribution in [1.29, 1.82) is 0 Å². The predicted octanol–water partition coefficient (Wildman–Crippen LogP) is 2.18. The van der Waals surface area contributed by atoms with E-state index in [0.29, 0.717) is 16.7 Å². The molecule has 0 amide bonds. The summed E-state index contributed by atoms with van der Waals surface area (Å²) in [6.07, 6.45) is 1.64. The molecule has 0 atom stereocenters. The molecule has 10 heavy (non-hydrogen) atoms. The molecule has 0 N–H and O–H groups in total. The minimum Gasteiger partial charge on any atom is -0.255 e. The van der Waals surface area contributed by atoms with Crippen molar-refractivity contribution >= 4 is 23.2 Å². The van der Waals surface area contributed by atoms with Crippen LogP contribution in [0.15, 0.2) is 6.20 Å². The van der Waals surface area contributed by atoms with Crippen LogP contribution in [0.3, 0.4) is 0 Å². The highest BCUT2D eigenvalue weighted by Gasteiger charge is 2.00. The van der Waals surface area contributed by atoms with E-state index >= 15 is 0 Å². The lowest BCUT2D eigenvalue weighted by atomic mass is 10.4. The largest absolute Gasteiger partial charge is 0.255 e. The van der Waals surface area contributed by atoms with Gasteiger partial charge in [0.2, 0.25) is 0 Å². The highest BCUT2D eigenvalue weighted by atomic mass is 35.5. The lowest BCUT2D eigenvalue weighted by Gasteiger charge is -1.96. The Morgan fingerprint density at radius 1 is 1.60 bits per heavy atom. The number of hydrogen-bond donors (Lipinski definition) is 0. The number of alkyl halides is 1.